The summed E-state index contributed by atoms with van der Waals surface area (Å²) in [7, 11) is 1.75. The minimum absolute atomic E-state index is 0.00310. The highest BCUT2D eigenvalue weighted by Gasteiger charge is 2.27. The van der Waals surface area contributed by atoms with Crippen LogP contribution in [0.25, 0.3) is 0 Å². The molecule has 3 nitrogen and oxygen atoms in total. The lowest BCUT2D eigenvalue weighted by atomic mass is 10.2. The van der Waals surface area contributed by atoms with Crippen LogP contribution in [0.3, 0.4) is 0 Å². The Hall–Kier alpha value is -1.23. The molecule has 5 heteroatoms. The summed E-state index contributed by atoms with van der Waals surface area (Å²) in [6.45, 7) is 0.710. The van der Waals surface area contributed by atoms with E-state index < -0.39 is 0 Å². The third-order valence-electron chi connectivity index (χ3n) is 2.75. The molecule has 1 saturated heterocycles. The minimum atomic E-state index is -0.363. The Balaban J connectivity index is 2.15. The van der Waals surface area contributed by atoms with Gasteiger partial charge in [-0.15, -0.1) is 0 Å². The highest BCUT2D eigenvalue weighted by molar-refractivity contribution is 9.10. The first-order valence-electron chi connectivity index (χ1n) is 5.31. The summed E-state index contributed by atoms with van der Waals surface area (Å²) in [5, 5.41) is 0. The van der Waals surface area contributed by atoms with Crippen molar-refractivity contribution in [3.63, 3.8) is 0 Å². The van der Waals surface area contributed by atoms with Gasteiger partial charge in [0.05, 0.1) is 0 Å². The Morgan fingerprint density at radius 1 is 1.59 bits per heavy atom. The van der Waals surface area contributed by atoms with E-state index in [1.807, 2.05) is 0 Å². The smallest absolute Gasteiger partial charge is 0.247 e. The molecule has 1 aromatic carbocycles. The number of benzene rings is 1. The van der Waals surface area contributed by atoms with E-state index in [9.17, 15) is 9.18 Å². The highest BCUT2D eigenvalue weighted by atomic mass is 79.9. The SMILES string of the molecule is CN1CCC(/N=C/c2cc(Br)ccc2F)C1=O. The predicted molar refractivity (Wildman–Crippen MR) is 67.7 cm³/mol. The maximum Gasteiger partial charge on any atom is 0.247 e. The maximum atomic E-state index is 13.4. The van der Waals surface area contributed by atoms with Crippen molar-refractivity contribution in [1.29, 1.82) is 0 Å². The normalized spacial score (nSPS) is 20.5. The van der Waals surface area contributed by atoms with Gasteiger partial charge in [-0.2, -0.15) is 0 Å². The molecule has 1 heterocycles. The summed E-state index contributed by atoms with van der Waals surface area (Å²) in [4.78, 5) is 17.4. The monoisotopic (exact) mass is 298 g/mol. The minimum Gasteiger partial charge on any atom is -0.344 e. The van der Waals surface area contributed by atoms with E-state index in [-0.39, 0.29) is 17.8 Å². The third kappa shape index (κ3) is 2.72. The van der Waals surface area contributed by atoms with Gasteiger partial charge in [0.1, 0.15) is 11.9 Å². The Kier molecular flexibility index (Phi) is 3.57. The first-order chi connectivity index (χ1) is 8.08. The second kappa shape index (κ2) is 4.96. The number of likely N-dealkylation sites (N-methyl/N-ethyl adjacent to an activating group) is 1. The van der Waals surface area contributed by atoms with Crippen molar-refractivity contribution in [2.24, 2.45) is 4.99 Å². The standard InChI is InChI=1S/C12H12BrFN2O/c1-16-5-4-11(12(16)17)15-7-8-6-9(13)2-3-10(8)14/h2-3,6-7,11H,4-5H2,1H3/b15-7+. The molecule has 1 aliphatic rings. The summed E-state index contributed by atoms with van der Waals surface area (Å²) >= 11 is 3.27. The van der Waals surface area contributed by atoms with Crippen LogP contribution in [0.5, 0.6) is 0 Å². The number of hydrogen-bond acceptors (Lipinski definition) is 2. The Labute approximate surface area is 107 Å². The number of halogens is 2. The van der Waals surface area contributed by atoms with Crippen molar-refractivity contribution in [2.75, 3.05) is 13.6 Å². The molecule has 0 saturated carbocycles. The first-order valence-corrected chi connectivity index (χ1v) is 6.10. The Morgan fingerprint density at radius 2 is 2.35 bits per heavy atom. The number of nitrogens with zero attached hydrogens (tertiary/aromatic N) is 2. The molecule has 0 bridgehead atoms. The van der Waals surface area contributed by atoms with Crippen LogP contribution in [-0.2, 0) is 4.79 Å². The van der Waals surface area contributed by atoms with Gasteiger partial charge in [0, 0.05) is 29.8 Å². The number of aliphatic imine (C=N–C) groups is 1. The van der Waals surface area contributed by atoms with Crippen LogP contribution in [0.4, 0.5) is 4.39 Å². The van der Waals surface area contributed by atoms with E-state index >= 15 is 0 Å². The van der Waals surface area contributed by atoms with Crippen molar-refractivity contribution in [2.45, 2.75) is 12.5 Å². The molecule has 1 amide bonds. The quantitative estimate of drug-likeness (QED) is 0.771. The number of carbonyl (C=O) groups excluding carboxylic acids is 1. The zero-order chi connectivity index (χ0) is 12.4. The second-order valence-electron chi connectivity index (χ2n) is 4.01. The summed E-state index contributed by atoms with van der Waals surface area (Å²) in [5.74, 6) is -0.340. The summed E-state index contributed by atoms with van der Waals surface area (Å²) < 4.78 is 14.2. The molecule has 90 valence electrons. The van der Waals surface area contributed by atoms with E-state index in [0.29, 0.717) is 18.5 Å². The van der Waals surface area contributed by atoms with Crippen molar-refractivity contribution < 1.29 is 9.18 Å². The average Bonchev–Trinajstić information content (AvgIpc) is 2.62. The number of amides is 1. The number of likely N-dealkylation sites (tertiary alicyclic amines) is 1. The molecule has 0 aromatic heterocycles. The van der Waals surface area contributed by atoms with Gasteiger partial charge in [-0.25, -0.2) is 4.39 Å². The molecule has 2 rings (SSSR count). The van der Waals surface area contributed by atoms with Crippen LogP contribution >= 0.6 is 15.9 Å². The van der Waals surface area contributed by atoms with E-state index in [4.69, 9.17) is 0 Å². The number of hydrogen-bond donors (Lipinski definition) is 0. The van der Waals surface area contributed by atoms with Gasteiger partial charge in [0.25, 0.3) is 0 Å². The fourth-order valence-electron chi connectivity index (χ4n) is 1.73. The van der Waals surface area contributed by atoms with Crippen LogP contribution in [0.2, 0.25) is 0 Å². The first kappa shape index (κ1) is 12.2. The molecule has 1 unspecified atom stereocenters. The maximum absolute atomic E-state index is 13.4. The molecule has 1 atom stereocenters. The number of carbonyl (C=O) groups is 1. The topological polar surface area (TPSA) is 32.7 Å². The molecule has 0 N–H and O–H groups in total. The lowest BCUT2D eigenvalue weighted by molar-refractivity contribution is -0.127. The van der Waals surface area contributed by atoms with Gasteiger partial charge in [-0.05, 0) is 24.6 Å². The lowest BCUT2D eigenvalue weighted by Gasteiger charge is -2.06. The molecular formula is C12H12BrFN2O. The second-order valence-corrected chi connectivity index (χ2v) is 4.92. The molecule has 0 spiro atoms. The molecule has 17 heavy (non-hydrogen) atoms. The molecule has 0 aliphatic carbocycles. The Bertz CT molecular complexity index is 476. The number of rotatable bonds is 2. The fourth-order valence-corrected chi connectivity index (χ4v) is 2.10. The summed E-state index contributed by atoms with van der Waals surface area (Å²) in [6.07, 6.45) is 2.13. The molecular weight excluding hydrogens is 287 g/mol. The fraction of sp³-hybridized carbons (Fsp3) is 0.333. The van der Waals surface area contributed by atoms with Crippen molar-refractivity contribution in [3.05, 3.63) is 34.1 Å². The van der Waals surface area contributed by atoms with E-state index in [2.05, 4.69) is 20.9 Å². The third-order valence-corrected chi connectivity index (χ3v) is 3.24. The molecule has 1 aliphatic heterocycles. The predicted octanol–water partition coefficient (Wildman–Crippen LogP) is 2.24. The molecule has 0 radical (unpaired) electrons. The zero-order valence-corrected chi connectivity index (χ0v) is 10.9. The van der Waals surface area contributed by atoms with Crippen LogP contribution in [0.1, 0.15) is 12.0 Å². The summed E-state index contributed by atoms with van der Waals surface area (Å²) in [5.41, 5.74) is 0.390. The van der Waals surface area contributed by atoms with Gasteiger partial charge >= 0.3 is 0 Å². The molecule has 1 fully saturated rings. The Morgan fingerprint density at radius 3 is 3.00 bits per heavy atom. The van der Waals surface area contributed by atoms with Gasteiger partial charge < -0.3 is 4.90 Å². The van der Waals surface area contributed by atoms with Gasteiger partial charge in [-0.1, -0.05) is 15.9 Å². The van der Waals surface area contributed by atoms with Gasteiger partial charge in [-0.3, -0.25) is 9.79 Å². The van der Waals surface area contributed by atoms with Gasteiger partial charge in [0.2, 0.25) is 5.91 Å². The largest absolute Gasteiger partial charge is 0.344 e. The van der Waals surface area contributed by atoms with E-state index in [1.54, 1.807) is 24.1 Å². The molecule has 1 aromatic rings. The van der Waals surface area contributed by atoms with Crippen molar-refractivity contribution in [1.82, 2.24) is 4.90 Å². The van der Waals surface area contributed by atoms with Crippen LogP contribution in [-0.4, -0.2) is 36.7 Å². The zero-order valence-electron chi connectivity index (χ0n) is 9.36. The van der Waals surface area contributed by atoms with Gasteiger partial charge in [0.15, 0.2) is 0 Å². The summed E-state index contributed by atoms with van der Waals surface area (Å²) in [6, 6.07) is 4.27. The lowest BCUT2D eigenvalue weighted by Crippen LogP contribution is -2.24. The van der Waals surface area contributed by atoms with E-state index in [0.717, 1.165) is 4.47 Å². The highest BCUT2D eigenvalue weighted by Crippen LogP contribution is 2.16. The van der Waals surface area contributed by atoms with Crippen molar-refractivity contribution in [3.8, 4) is 0 Å². The van der Waals surface area contributed by atoms with E-state index in [1.165, 1.54) is 12.3 Å². The average molecular weight is 299 g/mol. The van der Waals surface area contributed by atoms with Crippen LogP contribution < -0.4 is 0 Å². The van der Waals surface area contributed by atoms with Crippen LogP contribution in [0.15, 0.2) is 27.7 Å². The van der Waals surface area contributed by atoms with Crippen molar-refractivity contribution >= 4 is 28.1 Å². The van der Waals surface area contributed by atoms with Crippen LogP contribution in [0, 0.1) is 5.82 Å².